The highest BCUT2D eigenvalue weighted by atomic mass is 16.5. The highest BCUT2D eigenvalue weighted by molar-refractivity contribution is 5.77. The fraction of sp³-hybridized carbons (Fsp3) is 0.538. The number of methoxy groups -OCH3 is 1. The number of piperidine rings is 1. The Bertz CT molecular complexity index is 394. The van der Waals surface area contributed by atoms with Gasteiger partial charge in [-0.2, -0.15) is 0 Å². The molecule has 0 N–H and O–H groups in total. The second kappa shape index (κ2) is 4.73. The molecule has 0 aliphatic carbocycles. The Balaban J connectivity index is 2.15. The predicted molar refractivity (Wildman–Crippen MR) is 65.8 cm³/mol. The second-order valence-corrected chi connectivity index (χ2v) is 4.77. The van der Waals surface area contributed by atoms with Crippen molar-refractivity contribution >= 4 is 11.8 Å². The highest BCUT2D eigenvalue weighted by Gasteiger charge is 2.39. The minimum absolute atomic E-state index is 0.127. The van der Waals surface area contributed by atoms with E-state index in [0.717, 1.165) is 25.2 Å². The van der Waals surface area contributed by atoms with E-state index < -0.39 is 5.41 Å². The summed E-state index contributed by atoms with van der Waals surface area (Å²) in [5.74, 6) is 0.806. The van der Waals surface area contributed by atoms with E-state index in [0.29, 0.717) is 6.54 Å². The normalized spacial score (nSPS) is 24.5. The molecule has 0 aromatic carbocycles. The van der Waals surface area contributed by atoms with Gasteiger partial charge in [0.1, 0.15) is 5.82 Å². The Hall–Kier alpha value is -1.58. The SMILES string of the molecule is COC(=O)C1(C)CCCN(c2ccccn2)C1. The number of nitrogens with zero attached hydrogens (tertiary/aromatic N) is 2. The van der Waals surface area contributed by atoms with Gasteiger partial charge in [-0.15, -0.1) is 0 Å². The average Bonchev–Trinajstić information content (AvgIpc) is 2.39. The Morgan fingerprint density at radius 3 is 3.00 bits per heavy atom. The topological polar surface area (TPSA) is 42.4 Å². The molecule has 17 heavy (non-hydrogen) atoms. The van der Waals surface area contributed by atoms with E-state index in [1.54, 1.807) is 6.20 Å². The third kappa shape index (κ3) is 2.40. The minimum Gasteiger partial charge on any atom is -0.469 e. The highest BCUT2D eigenvalue weighted by Crippen LogP contribution is 2.32. The number of pyridine rings is 1. The van der Waals surface area contributed by atoms with Crippen LogP contribution >= 0.6 is 0 Å². The van der Waals surface area contributed by atoms with Crippen molar-refractivity contribution in [3.8, 4) is 0 Å². The molecule has 1 unspecified atom stereocenters. The zero-order valence-corrected chi connectivity index (χ0v) is 10.3. The molecular weight excluding hydrogens is 216 g/mol. The summed E-state index contributed by atoms with van der Waals surface area (Å²) in [7, 11) is 1.45. The molecule has 0 spiro atoms. The first kappa shape index (κ1) is 11.9. The van der Waals surface area contributed by atoms with Crippen molar-refractivity contribution in [3.63, 3.8) is 0 Å². The van der Waals surface area contributed by atoms with Gasteiger partial charge in [-0.1, -0.05) is 6.07 Å². The lowest BCUT2D eigenvalue weighted by atomic mass is 9.82. The standard InChI is InChI=1S/C13H18N2O2/c1-13(12(16)17-2)7-5-9-15(10-13)11-6-3-4-8-14-11/h3-4,6,8H,5,7,9-10H2,1-2H3. The fourth-order valence-electron chi connectivity index (χ4n) is 2.39. The van der Waals surface area contributed by atoms with Gasteiger partial charge in [0.2, 0.25) is 0 Å². The first-order valence-corrected chi connectivity index (χ1v) is 5.90. The molecule has 0 bridgehead atoms. The number of aromatic nitrogens is 1. The zero-order chi connectivity index (χ0) is 12.3. The van der Waals surface area contributed by atoms with Crippen LogP contribution in [-0.4, -0.2) is 31.2 Å². The monoisotopic (exact) mass is 234 g/mol. The summed E-state index contributed by atoms with van der Waals surface area (Å²) in [6.45, 7) is 3.59. The summed E-state index contributed by atoms with van der Waals surface area (Å²) in [6, 6.07) is 5.84. The molecule has 1 aliphatic rings. The van der Waals surface area contributed by atoms with Crippen molar-refractivity contribution in [1.82, 2.24) is 4.98 Å². The number of hydrogen-bond acceptors (Lipinski definition) is 4. The maximum Gasteiger partial charge on any atom is 0.313 e. The quantitative estimate of drug-likeness (QED) is 0.732. The van der Waals surface area contributed by atoms with E-state index in [1.165, 1.54) is 7.11 Å². The van der Waals surface area contributed by atoms with Crippen LogP contribution in [0, 0.1) is 5.41 Å². The van der Waals surface area contributed by atoms with Gasteiger partial charge in [-0.05, 0) is 31.9 Å². The van der Waals surface area contributed by atoms with Crippen LogP contribution in [0.2, 0.25) is 0 Å². The molecule has 0 amide bonds. The number of rotatable bonds is 2. The summed E-state index contributed by atoms with van der Waals surface area (Å²) >= 11 is 0. The molecule has 0 radical (unpaired) electrons. The molecule has 0 saturated carbocycles. The van der Waals surface area contributed by atoms with Crippen molar-refractivity contribution in [2.75, 3.05) is 25.1 Å². The van der Waals surface area contributed by atoms with E-state index in [2.05, 4.69) is 9.88 Å². The summed E-state index contributed by atoms with van der Waals surface area (Å²) < 4.78 is 4.89. The zero-order valence-electron chi connectivity index (χ0n) is 10.3. The van der Waals surface area contributed by atoms with E-state index in [-0.39, 0.29) is 5.97 Å². The van der Waals surface area contributed by atoms with Gasteiger partial charge in [0.15, 0.2) is 0 Å². The van der Waals surface area contributed by atoms with Gasteiger partial charge in [-0.25, -0.2) is 4.98 Å². The van der Waals surface area contributed by atoms with E-state index in [4.69, 9.17) is 4.74 Å². The first-order valence-electron chi connectivity index (χ1n) is 5.90. The molecule has 1 aromatic heterocycles. The lowest BCUT2D eigenvalue weighted by Gasteiger charge is -2.38. The third-order valence-electron chi connectivity index (χ3n) is 3.35. The molecule has 92 valence electrons. The molecule has 1 aliphatic heterocycles. The van der Waals surface area contributed by atoms with Crippen molar-refractivity contribution in [1.29, 1.82) is 0 Å². The van der Waals surface area contributed by atoms with Crippen molar-refractivity contribution < 1.29 is 9.53 Å². The van der Waals surface area contributed by atoms with Gasteiger partial charge in [0.25, 0.3) is 0 Å². The Labute approximate surface area is 102 Å². The van der Waals surface area contributed by atoms with Crippen molar-refractivity contribution in [2.45, 2.75) is 19.8 Å². The molecule has 1 aromatic rings. The van der Waals surface area contributed by atoms with E-state index in [1.807, 2.05) is 25.1 Å². The molecule has 1 fully saturated rings. The number of anilines is 1. The number of esters is 1. The van der Waals surface area contributed by atoms with E-state index >= 15 is 0 Å². The van der Waals surface area contributed by atoms with Gasteiger partial charge in [0, 0.05) is 19.3 Å². The van der Waals surface area contributed by atoms with Crippen molar-refractivity contribution in [3.05, 3.63) is 24.4 Å². The molecule has 4 nitrogen and oxygen atoms in total. The lowest BCUT2D eigenvalue weighted by Crippen LogP contribution is -2.46. The summed E-state index contributed by atoms with van der Waals surface area (Å²) in [5, 5.41) is 0. The Morgan fingerprint density at radius 2 is 2.35 bits per heavy atom. The molecule has 1 saturated heterocycles. The van der Waals surface area contributed by atoms with Gasteiger partial charge in [0.05, 0.1) is 12.5 Å². The summed E-state index contributed by atoms with van der Waals surface area (Å²) in [4.78, 5) is 18.3. The minimum atomic E-state index is -0.412. The number of carbonyl (C=O) groups is 1. The number of hydrogen-bond donors (Lipinski definition) is 0. The largest absolute Gasteiger partial charge is 0.469 e. The Morgan fingerprint density at radius 1 is 1.53 bits per heavy atom. The number of ether oxygens (including phenoxy) is 1. The maximum atomic E-state index is 11.8. The smallest absolute Gasteiger partial charge is 0.313 e. The predicted octanol–water partition coefficient (Wildman–Crippen LogP) is 1.86. The van der Waals surface area contributed by atoms with Crippen LogP contribution in [0.15, 0.2) is 24.4 Å². The van der Waals surface area contributed by atoms with Gasteiger partial charge in [-0.3, -0.25) is 4.79 Å². The summed E-state index contributed by atoms with van der Waals surface area (Å²) in [6.07, 6.45) is 3.64. The summed E-state index contributed by atoms with van der Waals surface area (Å²) in [5.41, 5.74) is -0.412. The van der Waals surface area contributed by atoms with Crippen LogP contribution < -0.4 is 4.90 Å². The molecule has 2 rings (SSSR count). The Kier molecular flexibility index (Phi) is 3.31. The van der Waals surface area contributed by atoms with Gasteiger partial charge >= 0.3 is 5.97 Å². The van der Waals surface area contributed by atoms with Crippen molar-refractivity contribution in [2.24, 2.45) is 5.41 Å². The average molecular weight is 234 g/mol. The van der Waals surface area contributed by atoms with Crippen LogP contribution in [0.1, 0.15) is 19.8 Å². The molecular formula is C13H18N2O2. The van der Waals surface area contributed by atoms with Crippen LogP contribution in [0.5, 0.6) is 0 Å². The first-order chi connectivity index (χ1) is 8.15. The lowest BCUT2D eigenvalue weighted by molar-refractivity contribution is -0.152. The maximum absolute atomic E-state index is 11.8. The fourth-order valence-corrected chi connectivity index (χ4v) is 2.39. The molecule has 4 heteroatoms. The molecule has 1 atom stereocenters. The third-order valence-corrected chi connectivity index (χ3v) is 3.35. The van der Waals surface area contributed by atoms with Crippen LogP contribution in [0.4, 0.5) is 5.82 Å². The number of carbonyl (C=O) groups excluding carboxylic acids is 1. The van der Waals surface area contributed by atoms with Gasteiger partial charge < -0.3 is 9.64 Å². The van der Waals surface area contributed by atoms with E-state index in [9.17, 15) is 4.79 Å². The van der Waals surface area contributed by atoms with Crippen LogP contribution in [0.3, 0.4) is 0 Å². The van der Waals surface area contributed by atoms with Crippen LogP contribution in [0.25, 0.3) is 0 Å². The second-order valence-electron chi connectivity index (χ2n) is 4.77. The van der Waals surface area contributed by atoms with Crippen LogP contribution in [-0.2, 0) is 9.53 Å². The molecule has 2 heterocycles.